The van der Waals surface area contributed by atoms with Gasteiger partial charge < -0.3 is 9.55 Å². The lowest BCUT2D eigenvalue weighted by atomic mass is 10.1. The van der Waals surface area contributed by atoms with Crippen molar-refractivity contribution in [3.05, 3.63) is 29.1 Å². The van der Waals surface area contributed by atoms with E-state index in [1.807, 2.05) is 17.1 Å². The van der Waals surface area contributed by atoms with E-state index in [2.05, 4.69) is 33.7 Å². The molecule has 0 saturated carbocycles. The molecule has 0 aliphatic heterocycles. The standard InChI is InChI=1S/C11H17N5S/c1-9(2)10-8-12-11(17)16(10)6-3-5-15-7-4-13-14-15/h4,7-9H,3,5-6H2,1-2H3,(H,12,17). The van der Waals surface area contributed by atoms with E-state index in [4.69, 9.17) is 12.2 Å². The SMILES string of the molecule is CC(C)c1c[nH]c(=S)n1CCCn1ccnn1. The molecule has 17 heavy (non-hydrogen) atoms. The van der Waals surface area contributed by atoms with Gasteiger partial charge in [0.15, 0.2) is 4.77 Å². The maximum atomic E-state index is 5.28. The van der Waals surface area contributed by atoms with E-state index in [0.29, 0.717) is 5.92 Å². The van der Waals surface area contributed by atoms with Crippen molar-refractivity contribution < 1.29 is 0 Å². The summed E-state index contributed by atoms with van der Waals surface area (Å²) in [6, 6.07) is 0. The molecule has 2 rings (SSSR count). The van der Waals surface area contributed by atoms with Crippen LogP contribution < -0.4 is 0 Å². The molecule has 2 aromatic rings. The summed E-state index contributed by atoms with van der Waals surface area (Å²) in [5.74, 6) is 0.481. The van der Waals surface area contributed by atoms with E-state index in [1.54, 1.807) is 6.20 Å². The average Bonchev–Trinajstić information content (AvgIpc) is 2.89. The van der Waals surface area contributed by atoms with Crippen LogP contribution in [0.5, 0.6) is 0 Å². The van der Waals surface area contributed by atoms with Gasteiger partial charge in [0.25, 0.3) is 0 Å². The largest absolute Gasteiger partial charge is 0.337 e. The van der Waals surface area contributed by atoms with Gasteiger partial charge in [0.1, 0.15) is 0 Å². The van der Waals surface area contributed by atoms with Crippen molar-refractivity contribution in [2.24, 2.45) is 0 Å². The molecule has 0 aliphatic carbocycles. The Hall–Kier alpha value is -1.43. The van der Waals surface area contributed by atoms with Crippen LogP contribution in [0.15, 0.2) is 18.6 Å². The molecule has 2 aromatic heterocycles. The molecule has 0 atom stereocenters. The van der Waals surface area contributed by atoms with Crippen molar-refractivity contribution in [2.75, 3.05) is 0 Å². The minimum absolute atomic E-state index is 0.481. The Balaban J connectivity index is 1.99. The summed E-state index contributed by atoms with van der Waals surface area (Å²) < 4.78 is 4.80. The molecule has 5 nitrogen and oxygen atoms in total. The van der Waals surface area contributed by atoms with Crippen molar-refractivity contribution in [3.8, 4) is 0 Å². The van der Waals surface area contributed by atoms with Gasteiger partial charge in [-0.05, 0) is 24.6 Å². The molecule has 0 aliphatic rings. The van der Waals surface area contributed by atoms with Crippen LogP contribution in [0.3, 0.4) is 0 Å². The first-order valence-electron chi connectivity index (χ1n) is 5.80. The van der Waals surface area contributed by atoms with Crippen LogP contribution >= 0.6 is 12.2 Å². The molecule has 0 aromatic carbocycles. The van der Waals surface area contributed by atoms with Crippen LogP contribution in [0.25, 0.3) is 0 Å². The summed E-state index contributed by atoms with van der Waals surface area (Å²) in [6.45, 7) is 6.12. The zero-order valence-corrected chi connectivity index (χ0v) is 10.9. The van der Waals surface area contributed by atoms with Crippen LogP contribution in [-0.2, 0) is 13.1 Å². The smallest absolute Gasteiger partial charge is 0.177 e. The quantitative estimate of drug-likeness (QED) is 0.830. The Morgan fingerprint density at radius 3 is 2.88 bits per heavy atom. The topological polar surface area (TPSA) is 51.4 Å². The molecule has 1 N–H and O–H groups in total. The second kappa shape index (κ2) is 5.27. The first-order valence-corrected chi connectivity index (χ1v) is 6.21. The number of H-pyrrole nitrogens is 1. The fraction of sp³-hybridized carbons (Fsp3) is 0.545. The van der Waals surface area contributed by atoms with Gasteiger partial charge in [-0.15, -0.1) is 5.10 Å². The minimum atomic E-state index is 0.481. The summed E-state index contributed by atoms with van der Waals surface area (Å²) in [4.78, 5) is 3.11. The summed E-state index contributed by atoms with van der Waals surface area (Å²) >= 11 is 5.28. The van der Waals surface area contributed by atoms with Gasteiger partial charge in [0, 0.05) is 31.2 Å². The molecular weight excluding hydrogens is 234 g/mol. The molecule has 0 amide bonds. The second-order valence-corrected chi connectivity index (χ2v) is 4.73. The Kier molecular flexibility index (Phi) is 3.73. The lowest BCUT2D eigenvalue weighted by Crippen LogP contribution is -2.08. The number of hydrogen-bond donors (Lipinski definition) is 1. The summed E-state index contributed by atoms with van der Waals surface area (Å²) in [7, 11) is 0. The molecule has 0 unspecified atom stereocenters. The van der Waals surface area contributed by atoms with E-state index in [9.17, 15) is 0 Å². The Morgan fingerprint density at radius 2 is 2.24 bits per heavy atom. The molecule has 0 radical (unpaired) electrons. The van der Waals surface area contributed by atoms with E-state index in [-0.39, 0.29) is 0 Å². The highest BCUT2D eigenvalue weighted by atomic mass is 32.1. The van der Waals surface area contributed by atoms with Crippen molar-refractivity contribution in [2.45, 2.75) is 39.3 Å². The van der Waals surface area contributed by atoms with Crippen molar-refractivity contribution in [1.29, 1.82) is 0 Å². The normalized spacial score (nSPS) is 11.2. The van der Waals surface area contributed by atoms with Crippen LogP contribution in [0.2, 0.25) is 0 Å². The zero-order valence-electron chi connectivity index (χ0n) is 10.1. The number of aromatic amines is 1. The third-order valence-electron chi connectivity index (χ3n) is 2.73. The summed E-state index contributed by atoms with van der Waals surface area (Å²) in [5.41, 5.74) is 1.26. The molecule has 0 saturated heterocycles. The summed E-state index contributed by atoms with van der Waals surface area (Å²) in [6.07, 6.45) is 6.57. The third-order valence-corrected chi connectivity index (χ3v) is 3.07. The highest BCUT2D eigenvalue weighted by Crippen LogP contribution is 2.14. The number of imidazole rings is 1. The molecule has 0 spiro atoms. The van der Waals surface area contributed by atoms with E-state index >= 15 is 0 Å². The predicted octanol–water partition coefficient (Wildman–Crippen LogP) is 2.35. The second-order valence-electron chi connectivity index (χ2n) is 4.34. The van der Waals surface area contributed by atoms with Gasteiger partial charge in [0.2, 0.25) is 0 Å². The number of rotatable bonds is 5. The van der Waals surface area contributed by atoms with E-state index < -0.39 is 0 Å². The first-order chi connectivity index (χ1) is 8.18. The fourth-order valence-electron chi connectivity index (χ4n) is 1.86. The Morgan fingerprint density at radius 1 is 1.41 bits per heavy atom. The van der Waals surface area contributed by atoms with Crippen molar-refractivity contribution >= 4 is 12.2 Å². The number of nitrogens with zero attached hydrogens (tertiary/aromatic N) is 4. The van der Waals surface area contributed by atoms with E-state index in [1.165, 1.54) is 5.69 Å². The first kappa shape index (κ1) is 12.0. The van der Waals surface area contributed by atoms with Crippen LogP contribution in [0.4, 0.5) is 0 Å². The number of hydrogen-bond acceptors (Lipinski definition) is 3. The van der Waals surface area contributed by atoms with Crippen molar-refractivity contribution in [1.82, 2.24) is 24.5 Å². The Labute approximate surface area is 105 Å². The molecular formula is C11H17N5S. The number of nitrogens with one attached hydrogen (secondary N) is 1. The van der Waals surface area contributed by atoms with Gasteiger partial charge in [-0.2, -0.15) is 0 Å². The summed E-state index contributed by atoms with van der Waals surface area (Å²) in [5, 5.41) is 7.72. The molecule has 0 bridgehead atoms. The number of aromatic nitrogens is 5. The lowest BCUT2D eigenvalue weighted by molar-refractivity contribution is 0.501. The monoisotopic (exact) mass is 251 g/mol. The maximum absolute atomic E-state index is 5.28. The van der Waals surface area contributed by atoms with Gasteiger partial charge in [0.05, 0.1) is 6.20 Å². The van der Waals surface area contributed by atoms with Gasteiger partial charge in [-0.1, -0.05) is 19.1 Å². The van der Waals surface area contributed by atoms with Crippen molar-refractivity contribution in [3.63, 3.8) is 0 Å². The average molecular weight is 251 g/mol. The van der Waals surface area contributed by atoms with Crippen LogP contribution in [-0.4, -0.2) is 24.5 Å². The van der Waals surface area contributed by atoms with Gasteiger partial charge in [-0.25, -0.2) is 0 Å². The minimum Gasteiger partial charge on any atom is -0.337 e. The molecule has 0 fully saturated rings. The van der Waals surface area contributed by atoms with E-state index in [0.717, 1.165) is 24.3 Å². The highest BCUT2D eigenvalue weighted by Gasteiger charge is 2.07. The lowest BCUT2D eigenvalue weighted by Gasteiger charge is -2.10. The number of aryl methyl sites for hydroxylation is 1. The highest BCUT2D eigenvalue weighted by molar-refractivity contribution is 7.71. The predicted molar refractivity (Wildman–Crippen MR) is 68.3 cm³/mol. The fourth-order valence-corrected chi connectivity index (χ4v) is 2.12. The van der Waals surface area contributed by atoms with Gasteiger partial charge >= 0.3 is 0 Å². The van der Waals surface area contributed by atoms with Crippen LogP contribution in [0.1, 0.15) is 31.9 Å². The molecule has 2 heterocycles. The van der Waals surface area contributed by atoms with Crippen LogP contribution in [0, 0.1) is 4.77 Å². The third kappa shape index (κ3) is 2.82. The zero-order chi connectivity index (χ0) is 12.3. The van der Waals surface area contributed by atoms with Gasteiger partial charge in [-0.3, -0.25) is 4.68 Å². The molecule has 6 heteroatoms. The maximum Gasteiger partial charge on any atom is 0.177 e. The molecule has 92 valence electrons. The Bertz CT molecular complexity index is 508.